The third-order valence-corrected chi connectivity index (χ3v) is 3.14. The van der Waals surface area contributed by atoms with E-state index >= 15 is 0 Å². The molecule has 0 aliphatic carbocycles. The summed E-state index contributed by atoms with van der Waals surface area (Å²) in [6.07, 6.45) is 2.20. The molecule has 2 aromatic rings. The van der Waals surface area contributed by atoms with Crippen LogP contribution in [0.25, 0.3) is 11.3 Å². The Labute approximate surface area is 104 Å². The van der Waals surface area contributed by atoms with Gasteiger partial charge in [-0.3, -0.25) is 0 Å². The highest BCUT2D eigenvalue weighted by Gasteiger charge is 2.10. The zero-order chi connectivity index (χ0) is 12.3. The Morgan fingerprint density at radius 2 is 2.29 bits per heavy atom. The molecule has 17 heavy (non-hydrogen) atoms. The number of halogens is 1. The molecular weight excluding hydrogens is 237 g/mol. The number of aryl methyl sites for hydroxylation is 1. The van der Waals surface area contributed by atoms with Gasteiger partial charge in [-0.2, -0.15) is 0 Å². The molecule has 0 aliphatic rings. The van der Waals surface area contributed by atoms with Crippen LogP contribution in [-0.2, 0) is 0 Å². The molecule has 0 saturated heterocycles. The van der Waals surface area contributed by atoms with Crippen molar-refractivity contribution in [2.24, 2.45) is 0 Å². The Kier molecular flexibility index (Phi) is 3.68. The molecule has 0 fully saturated rings. The van der Waals surface area contributed by atoms with Gasteiger partial charge in [-0.25, -0.2) is 14.4 Å². The van der Waals surface area contributed by atoms with E-state index < -0.39 is 0 Å². The molecule has 2 aromatic heterocycles. The molecule has 0 bridgehead atoms. The van der Waals surface area contributed by atoms with Gasteiger partial charge in [-0.1, -0.05) is 6.92 Å². The van der Waals surface area contributed by atoms with Gasteiger partial charge in [0.1, 0.15) is 5.69 Å². The van der Waals surface area contributed by atoms with Crippen molar-refractivity contribution in [2.45, 2.75) is 20.3 Å². The fraction of sp³-hybridized carbons (Fsp3) is 0.333. The third-order valence-electron chi connectivity index (χ3n) is 2.28. The molecule has 3 nitrogen and oxygen atoms in total. The second-order valence-electron chi connectivity index (χ2n) is 3.76. The van der Waals surface area contributed by atoms with Gasteiger partial charge in [0.2, 0.25) is 5.95 Å². The fourth-order valence-electron chi connectivity index (χ4n) is 1.46. The molecule has 5 heteroatoms. The molecule has 0 aromatic carbocycles. The van der Waals surface area contributed by atoms with Gasteiger partial charge in [0.25, 0.3) is 0 Å². The molecular formula is C12H14FN3S. The maximum Gasteiger partial charge on any atom is 0.223 e. The van der Waals surface area contributed by atoms with E-state index in [1.54, 1.807) is 11.3 Å². The standard InChI is InChI=1S/C12H14FN3S/c1-3-4-14-12-15-6-10(13)11(16-12)9-5-8(2)17-7-9/h5-7H,3-4H2,1-2H3,(H,14,15,16). The lowest BCUT2D eigenvalue weighted by Gasteiger charge is -2.05. The van der Waals surface area contributed by atoms with Crippen molar-refractivity contribution in [2.75, 3.05) is 11.9 Å². The smallest absolute Gasteiger partial charge is 0.223 e. The molecule has 2 rings (SSSR count). The zero-order valence-electron chi connectivity index (χ0n) is 9.83. The second-order valence-corrected chi connectivity index (χ2v) is 4.88. The molecule has 0 unspecified atom stereocenters. The molecule has 1 N–H and O–H groups in total. The summed E-state index contributed by atoms with van der Waals surface area (Å²) in [5, 5.41) is 4.96. The first-order valence-corrected chi connectivity index (χ1v) is 6.40. The van der Waals surface area contributed by atoms with Crippen LogP contribution in [0.4, 0.5) is 10.3 Å². The monoisotopic (exact) mass is 251 g/mol. The van der Waals surface area contributed by atoms with Crippen molar-refractivity contribution in [3.05, 3.63) is 28.3 Å². The SMILES string of the molecule is CCCNc1ncc(F)c(-c2csc(C)c2)n1. The highest BCUT2D eigenvalue weighted by Crippen LogP contribution is 2.26. The average Bonchev–Trinajstić information content (AvgIpc) is 2.75. The van der Waals surface area contributed by atoms with Gasteiger partial charge in [0, 0.05) is 22.4 Å². The largest absolute Gasteiger partial charge is 0.354 e. The maximum absolute atomic E-state index is 13.6. The highest BCUT2D eigenvalue weighted by molar-refractivity contribution is 7.10. The van der Waals surface area contributed by atoms with Gasteiger partial charge >= 0.3 is 0 Å². The van der Waals surface area contributed by atoms with Crippen LogP contribution < -0.4 is 5.32 Å². The lowest BCUT2D eigenvalue weighted by Crippen LogP contribution is -2.05. The molecule has 0 spiro atoms. The molecule has 2 heterocycles. The number of thiophene rings is 1. The number of nitrogens with zero attached hydrogens (tertiary/aromatic N) is 2. The fourth-order valence-corrected chi connectivity index (χ4v) is 2.15. The molecule has 0 atom stereocenters. The third kappa shape index (κ3) is 2.79. The molecule has 0 amide bonds. The summed E-state index contributed by atoms with van der Waals surface area (Å²) < 4.78 is 13.6. The summed E-state index contributed by atoms with van der Waals surface area (Å²) in [6, 6.07) is 1.93. The van der Waals surface area contributed by atoms with Gasteiger partial charge < -0.3 is 5.32 Å². The topological polar surface area (TPSA) is 37.8 Å². The molecule has 90 valence electrons. The van der Waals surface area contributed by atoms with Crippen molar-refractivity contribution in [1.82, 2.24) is 9.97 Å². The minimum atomic E-state index is -0.384. The van der Waals surface area contributed by atoms with Crippen LogP contribution in [0.5, 0.6) is 0 Å². The van der Waals surface area contributed by atoms with Crippen LogP contribution in [0.15, 0.2) is 17.6 Å². The van der Waals surface area contributed by atoms with E-state index in [1.807, 2.05) is 18.4 Å². The summed E-state index contributed by atoms with van der Waals surface area (Å²) >= 11 is 1.58. The van der Waals surface area contributed by atoms with Gasteiger partial charge in [0.15, 0.2) is 5.82 Å². The van der Waals surface area contributed by atoms with Crippen molar-refractivity contribution in [3.8, 4) is 11.3 Å². The van der Waals surface area contributed by atoms with E-state index in [2.05, 4.69) is 22.2 Å². The minimum Gasteiger partial charge on any atom is -0.354 e. The number of anilines is 1. The summed E-state index contributed by atoms with van der Waals surface area (Å²) in [7, 11) is 0. The van der Waals surface area contributed by atoms with Crippen molar-refractivity contribution < 1.29 is 4.39 Å². The summed E-state index contributed by atoms with van der Waals surface area (Å²) in [6.45, 7) is 4.83. The molecule has 0 saturated carbocycles. The van der Waals surface area contributed by atoms with Crippen molar-refractivity contribution >= 4 is 17.3 Å². The zero-order valence-corrected chi connectivity index (χ0v) is 10.6. The van der Waals surface area contributed by atoms with Crippen LogP contribution >= 0.6 is 11.3 Å². The Morgan fingerprint density at radius 1 is 1.47 bits per heavy atom. The van der Waals surface area contributed by atoms with Crippen LogP contribution in [-0.4, -0.2) is 16.5 Å². The van der Waals surface area contributed by atoms with Gasteiger partial charge in [0.05, 0.1) is 6.20 Å². The summed E-state index contributed by atoms with van der Waals surface area (Å²) in [5.41, 5.74) is 1.18. The summed E-state index contributed by atoms with van der Waals surface area (Å²) in [5.74, 6) is 0.0944. The highest BCUT2D eigenvalue weighted by atomic mass is 32.1. The quantitative estimate of drug-likeness (QED) is 0.904. The normalized spacial score (nSPS) is 10.5. The Hall–Kier alpha value is -1.49. The van der Waals surface area contributed by atoms with Crippen molar-refractivity contribution in [1.29, 1.82) is 0 Å². The predicted molar refractivity (Wildman–Crippen MR) is 68.8 cm³/mol. The number of hydrogen-bond acceptors (Lipinski definition) is 4. The van der Waals surface area contributed by atoms with Crippen LogP contribution in [0.2, 0.25) is 0 Å². The molecule has 0 aliphatic heterocycles. The first-order chi connectivity index (χ1) is 8.20. The summed E-state index contributed by atoms with van der Waals surface area (Å²) in [4.78, 5) is 9.26. The van der Waals surface area contributed by atoms with Crippen LogP contribution in [0, 0.1) is 12.7 Å². The van der Waals surface area contributed by atoms with E-state index in [0.717, 1.165) is 23.4 Å². The van der Waals surface area contributed by atoms with E-state index in [0.29, 0.717) is 11.6 Å². The van der Waals surface area contributed by atoms with E-state index in [-0.39, 0.29) is 5.82 Å². The maximum atomic E-state index is 13.6. The number of aromatic nitrogens is 2. The van der Waals surface area contributed by atoms with E-state index in [1.165, 1.54) is 6.20 Å². The second kappa shape index (κ2) is 5.23. The first-order valence-electron chi connectivity index (χ1n) is 5.52. The Balaban J connectivity index is 2.32. The van der Waals surface area contributed by atoms with Crippen LogP contribution in [0.3, 0.4) is 0 Å². The lowest BCUT2D eigenvalue weighted by atomic mass is 10.2. The Morgan fingerprint density at radius 3 is 2.94 bits per heavy atom. The number of rotatable bonds is 4. The van der Waals surface area contributed by atoms with Gasteiger partial charge in [-0.15, -0.1) is 11.3 Å². The van der Waals surface area contributed by atoms with Crippen molar-refractivity contribution in [3.63, 3.8) is 0 Å². The van der Waals surface area contributed by atoms with E-state index in [9.17, 15) is 4.39 Å². The lowest BCUT2D eigenvalue weighted by molar-refractivity contribution is 0.618. The van der Waals surface area contributed by atoms with E-state index in [4.69, 9.17) is 0 Å². The van der Waals surface area contributed by atoms with Gasteiger partial charge in [-0.05, 0) is 19.4 Å². The average molecular weight is 251 g/mol. The molecule has 0 radical (unpaired) electrons. The number of nitrogens with one attached hydrogen (secondary N) is 1. The first kappa shape index (κ1) is 12.0. The van der Waals surface area contributed by atoms with Crippen LogP contribution in [0.1, 0.15) is 18.2 Å². The minimum absolute atomic E-state index is 0.364. The Bertz CT molecular complexity index is 510. The predicted octanol–water partition coefficient (Wildman–Crippen LogP) is 3.47. The number of hydrogen-bond donors (Lipinski definition) is 1.